The summed E-state index contributed by atoms with van der Waals surface area (Å²) in [5, 5.41) is 18.0. The molecule has 0 bridgehead atoms. The number of para-hydroxylation sites is 1. The fourth-order valence-electron chi connectivity index (χ4n) is 3.00. The number of halogens is 3. The van der Waals surface area contributed by atoms with Gasteiger partial charge in [0.2, 0.25) is 0 Å². The number of alkyl halides is 3. The van der Waals surface area contributed by atoms with E-state index in [1.807, 2.05) is 0 Å². The second-order valence-corrected chi connectivity index (χ2v) is 6.70. The Morgan fingerprint density at radius 3 is 2.47 bits per heavy atom. The molecule has 1 heterocycles. The van der Waals surface area contributed by atoms with Gasteiger partial charge >= 0.3 is 18.2 Å². The number of rotatable bonds is 7. The Kier molecular flexibility index (Phi) is 6.79. The normalized spacial score (nSPS) is 11.2. The number of benzene rings is 2. The van der Waals surface area contributed by atoms with Crippen LogP contribution in [0.15, 0.2) is 54.6 Å². The molecule has 11 heteroatoms. The molecule has 2 amide bonds. The highest BCUT2D eigenvalue weighted by Gasteiger charge is 2.33. The fraction of sp³-hybridized carbons (Fsp3) is 0.190. The lowest BCUT2D eigenvalue weighted by molar-refractivity contribution is -0.138. The van der Waals surface area contributed by atoms with E-state index >= 15 is 0 Å². The highest BCUT2D eigenvalue weighted by Crippen LogP contribution is 2.32. The molecule has 0 radical (unpaired) electrons. The van der Waals surface area contributed by atoms with Crippen molar-refractivity contribution in [1.82, 2.24) is 15.1 Å². The number of nitrogens with one attached hydrogen (secondary N) is 2. The molecule has 0 fully saturated rings. The maximum absolute atomic E-state index is 13.3. The molecule has 0 atom stereocenters. The van der Waals surface area contributed by atoms with Crippen molar-refractivity contribution in [1.29, 1.82) is 0 Å². The van der Waals surface area contributed by atoms with Crippen LogP contribution in [-0.4, -0.2) is 34.0 Å². The van der Waals surface area contributed by atoms with E-state index in [2.05, 4.69) is 15.7 Å². The molecule has 1 aromatic heterocycles. The molecule has 0 saturated heterocycles. The van der Waals surface area contributed by atoms with Crippen molar-refractivity contribution >= 4 is 17.8 Å². The Hall–Kier alpha value is -3.86. The van der Waals surface area contributed by atoms with E-state index in [4.69, 9.17) is 4.74 Å². The summed E-state index contributed by atoms with van der Waals surface area (Å²) in [4.78, 5) is 23.7. The van der Waals surface area contributed by atoms with Crippen LogP contribution in [0.3, 0.4) is 0 Å². The van der Waals surface area contributed by atoms with Gasteiger partial charge in [0.15, 0.2) is 5.69 Å². The zero-order valence-electron chi connectivity index (χ0n) is 16.8. The number of anilines is 1. The summed E-state index contributed by atoms with van der Waals surface area (Å²) < 4.78 is 46.2. The standard InChI is InChI=1S/C21H19F3N4O4/c1-32-12-13-7-8-16(21(22,23)24)14(9-13)11-25-20(31)26-18-10-17(19(29)30)27-28(18)15-5-3-2-4-6-15/h2-10H,11-12H2,1H3,(H,29,30)(H2,25,26,31). The summed E-state index contributed by atoms with van der Waals surface area (Å²) in [5.74, 6) is -1.26. The lowest BCUT2D eigenvalue weighted by atomic mass is 10.0. The number of hydrogen-bond donors (Lipinski definition) is 3. The number of ether oxygens (including phenoxy) is 1. The lowest BCUT2D eigenvalue weighted by Crippen LogP contribution is -2.30. The largest absolute Gasteiger partial charge is 0.476 e. The number of carbonyl (C=O) groups excluding carboxylic acids is 1. The first-order chi connectivity index (χ1) is 15.2. The van der Waals surface area contributed by atoms with Gasteiger partial charge in [0.25, 0.3) is 0 Å². The van der Waals surface area contributed by atoms with Gasteiger partial charge in [-0.3, -0.25) is 5.32 Å². The zero-order chi connectivity index (χ0) is 23.3. The van der Waals surface area contributed by atoms with Crippen molar-refractivity contribution in [3.05, 3.63) is 77.0 Å². The summed E-state index contributed by atoms with van der Waals surface area (Å²) in [6, 6.07) is 12.3. The maximum Gasteiger partial charge on any atom is 0.416 e. The van der Waals surface area contributed by atoms with Crippen molar-refractivity contribution in [2.24, 2.45) is 0 Å². The van der Waals surface area contributed by atoms with Crippen LogP contribution in [0.4, 0.5) is 23.8 Å². The minimum atomic E-state index is -4.60. The van der Waals surface area contributed by atoms with Crippen LogP contribution in [-0.2, 0) is 24.1 Å². The third kappa shape index (κ3) is 5.43. The summed E-state index contributed by atoms with van der Waals surface area (Å²) in [7, 11) is 1.42. The molecular formula is C21H19F3N4O4. The van der Waals surface area contributed by atoms with Gasteiger partial charge in [-0.1, -0.05) is 30.3 Å². The number of nitrogens with zero attached hydrogens (tertiary/aromatic N) is 2. The first-order valence-electron chi connectivity index (χ1n) is 9.30. The second kappa shape index (κ2) is 9.52. The summed E-state index contributed by atoms with van der Waals surface area (Å²) in [6.45, 7) is -0.297. The van der Waals surface area contributed by atoms with E-state index in [0.717, 1.165) is 12.1 Å². The molecule has 168 valence electrons. The van der Waals surface area contributed by atoms with Gasteiger partial charge < -0.3 is 15.2 Å². The average Bonchev–Trinajstić information content (AvgIpc) is 3.16. The fourth-order valence-corrected chi connectivity index (χ4v) is 3.00. The predicted octanol–water partition coefficient (Wildman–Crippen LogP) is 4.06. The van der Waals surface area contributed by atoms with E-state index in [1.54, 1.807) is 30.3 Å². The topological polar surface area (TPSA) is 105 Å². The molecule has 3 rings (SSSR count). The Bertz CT molecular complexity index is 1110. The SMILES string of the molecule is COCc1ccc(C(F)(F)F)c(CNC(=O)Nc2cc(C(=O)O)nn2-c2ccccc2)c1. The molecule has 3 aromatic rings. The number of carboxylic acid groups (broad SMARTS) is 1. The van der Waals surface area contributed by atoms with Gasteiger partial charge in [0.1, 0.15) is 5.82 Å². The Balaban J connectivity index is 1.80. The van der Waals surface area contributed by atoms with Crippen LogP contribution in [0.1, 0.15) is 27.2 Å². The maximum atomic E-state index is 13.3. The molecule has 0 saturated carbocycles. The van der Waals surface area contributed by atoms with Gasteiger partial charge in [-0.25, -0.2) is 14.3 Å². The third-order valence-electron chi connectivity index (χ3n) is 4.40. The number of methoxy groups -OCH3 is 1. The van der Waals surface area contributed by atoms with Gasteiger partial charge in [-0.15, -0.1) is 0 Å². The molecular weight excluding hydrogens is 429 g/mol. The van der Waals surface area contributed by atoms with Crippen molar-refractivity contribution < 1.29 is 32.6 Å². The number of carbonyl (C=O) groups is 2. The highest BCUT2D eigenvalue weighted by molar-refractivity contribution is 5.91. The highest BCUT2D eigenvalue weighted by atomic mass is 19.4. The zero-order valence-corrected chi connectivity index (χ0v) is 16.8. The number of aromatic carboxylic acids is 1. The van der Waals surface area contributed by atoms with Gasteiger partial charge in [-0.2, -0.15) is 18.3 Å². The van der Waals surface area contributed by atoms with Crippen molar-refractivity contribution in [3.8, 4) is 5.69 Å². The molecule has 3 N–H and O–H groups in total. The monoisotopic (exact) mass is 448 g/mol. The number of hydrogen-bond acceptors (Lipinski definition) is 4. The molecule has 0 unspecified atom stereocenters. The van der Waals surface area contributed by atoms with Crippen LogP contribution in [0.5, 0.6) is 0 Å². The number of aromatic nitrogens is 2. The van der Waals surface area contributed by atoms with Gasteiger partial charge in [-0.05, 0) is 29.3 Å². The van der Waals surface area contributed by atoms with Gasteiger partial charge in [0, 0.05) is 19.7 Å². The first kappa shape index (κ1) is 22.8. The molecule has 0 aliphatic carbocycles. The Labute approximate surface area is 180 Å². The molecule has 0 spiro atoms. The van der Waals surface area contributed by atoms with Crippen LogP contribution >= 0.6 is 0 Å². The van der Waals surface area contributed by atoms with Crippen LogP contribution < -0.4 is 10.6 Å². The number of amides is 2. The summed E-state index contributed by atoms with van der Waals surface area (Å²) in [5.41, 5.74) is -0.311. The Morgan fingerprint density at radius 1 is 1.12 bits per heavy atom. The van der Waals surface area contributed by atoms with E-state index in [9.17, 15) is 27.9 Å². The van der Waals surface area contributed by atoms with E-state index in [1.165, 1.54) is 23.9 Å². The molecule has 0 aliphatic heterocycles. The average molecular weight is 448 g/mol. The second-order valence-electron chi connectivity index (χ2n) is 6.70. The molecule has 2 aromatic carbocycles. The van der Waals surface area contributed by atoms with Crippen molar-refractivity contribution in [3.63, 3.8) is 0 Å². The molecule has 8 nitrogen and oxygen atoms in total. The van der Waals surface area contributed by atoms with Crippen molar-refractivity contribution in [2.45, 2.75) is 19.3 Å². The molecule has 0 aliphatic rings. The predicted molar refractivity (Wildman–Crippen MR) is 109 cm³/mol. The lowest BCUT2D eigenvalue weighted by Gasteiger charge is -2.15. The van der Waals surface area contributed by atoms with Crippen LogP contribution in [0.25, 0.3) is 5.69 Å². The quantitative estimate of drug-likeness (QED) is 0.506. The minimum Gasteiger partial charge on any atom is -0.476 e. The summed E-state index contributed by atoms with van der Waals surface area (Å²) in [6.07, 6.45) is -4.60. The Morgan fingerprint density at radius 2 is 1.84 bits per heavy atom. The van der Waals surface area contributed by atoms with Crippen molar-refractivity contribution in [2.75, 3.05) is 12.4 Å². The van der Waals surface area contributed by atoms with E-state index in [-0.39, 0.29) is 23.7 Å². The minimum absolute atomic E-state index is 0.0373. The molecule has 32 heavy (non-hydrogen) atoms. The van der Waals surface area contributed by atoms with E-state index < -0.39 is 30.3 Å². The number of carboxylic acids is 1. The van der Waals surface area contributed by atoms with Crippen LogP contribution in [0, 0.1) is 0 Å². The van der Waals surface area contributed by atoms with Gasteiger partial charge in [0.05, 0.1) is 17.9 Å². The van der Waals surface area contributed by atoms with E-state index in [0.29, 0.717) is 11.3 Å². The third-order valence-corrected chi connectivity index (χ3v) is 4.40. The smallest absolute Gasteiger partial charge is 0.416 e. The number of urea groups is 1. The summed E-state index contributed by atoms with van der Waals surface area (Å²) >= 11 is 0. The van der Waals surface area contributed by atoms with Crippen LogP contribution in [0.2, 0.25) is 0 Å². The first-order valence-corrected chi connectivity index (χ1v) is 9.30.